The number of sulfonamides is 1. The standard InChI is InChI=1S/C28H30F4N4O5S/c1-17-14-21(36(11-12-37)19(3)38)15-18(2)22(17)6-13-42(40,41)35-9-7-27(8-10-35)26(39)33-25(34-27)20-4-5-24(29)23(16-20)28(30,31)32/h4-6,13-16,37H,7-12H2,1-3H3,(H,33,34,39). The first-order valence-corrected chi connectivity index (χ1v) is 14.6. The molecule has 2 aliphatic heterocycles. The Balaban J connectivity index is 1.50. The van der Waals surface area contributed by atoms with Gasteiger partial charge in [0.05, 0.1) is 12.2 Å². The van der Waals surface area contributed by atoms with E-state index < -0.39 is 39.0 Å². The Labute approximate surface area is 240 Å². The molecule has 0 aliphatic carbocycles. The van der Waals surface area contributed by atoms with E-state index in [1.165, 1.54) is 22.2 Å². The van der Waals surface area contributed by atoms with Crippen LogP contribution in [0.1, 0.15) is 47.6 Å². The van der Waals surface area contributed by atoms with E-state index >= 15 is 0 Å². The number of halogens is 4. The molecule has 2 heterocycles. The first kappa shape index (κ1) is 31.3. The first-order chi connectivity index (χ1) is 19.6. The highest BCUT2D eigenvalue weighted by Gasteiger charge is 2.47. The normalized spacial score (nSPS) is 17.5. The van der Waals surface area contributed by atoms with E-state index in [1.807, 2.05) is 0 Å². The molecule has 0 atom stereocenters. The zero-order chi connectivity index (χ0) is 31.0. The predicted molar refractivity (Wildman–Crippen MR) is 149 cm³/mol. The van der Waals surface area contributed by atoms with Gasteiger partial charge >= 0.3 is 6.18 Å². The highest BCUT2D eigenvalue weighted by Crippen LogP contribution is 2.35. The summed E-state index contributed by atoms with van der Waals surface area (Å²) in [5.74, 6) is -2.38. The number of anilines is 1. The van der Waals surface area contributed by atoms with E-state index in [9.17, 15) is 40.7 Å². The van der Waals surface area contributed by atoms with Gasteiger partial charge in [-0.25, -0.2) is 12.8 Å². The zero-order valence-corrected chi connectivity index (χ0v) is 23.9. The van der Waals surface area contributed by atoms with Gasteiger partial charge in [0.1, 0.15) is 17.2 Å². The Bertz CT molecular complexity index is 1560. The molecule has 0 aromatic heterocycles. The molecule has 226 valence electrons. The number of alkyl halides is 3. The number of amidine groups is 1. The molecule has 42 heavy (non-hydrogen) atoms. The highest BCUT2D eigenvalue weighted by atomic mass is 32.2. The third-order valence-corrected chi connectivity index (χ3v) is 9.00. The number of amides is 2. The van der Waals surface area contributed by atoms with Gasteiger partial charge in [-0.1, -0.05) is 0 Å². The van der Waals surface area contributed by atoms with Crippen molar-refractivity contribution in [3.05, 3.63) is 69.4 Å². The van der Waals surface area contributed by atoms with Crippen molar-refractivity contribution in [1.29, 1.82) is 0 Å². The van der Waals surface area contributed by atoms with Gasteiger partial charge in [-0.2, -0.15) is 17.5 Å². The van der Waals surface area contributed by atoms with Gasteiger partial charge in [-0.05, 0) is 79.8 Å². The lowest BCUT2D eigenvalue weighted by molar-refractivity contribution is -0.140. The van der Waals surface area contributed by atoms with Crippen LogP contribution < -0.4 is 10.2 Å². The Hall–Kier alpha value is -3.62. The quantitative estimate of drug-likeness (QED) is 0.465. The van der Waals surface area contributed by atoms with Crippen LogP contribution in [-0.2, 0) is 25.8 Å². The molecule has 1 spiro atoms. The minimum Gasteiger partial charge on any atom is -0.395 e. The minimum absolute atomic E-state index is 0.00121. The van der Waals surface area contributed by atoms with Crippen molar-refractivity contribution in [3.8, 4) is 0 Å². The number of aliphatic hydroxyl groups excluding tert-OH is 1. The van der Waals surface area contributed by atoms with E-state index in [1.54, 1.807) is 26.0 Å². The number of nitrogens with zero attached hydrogens (tertiary/aromatic N) is 3. The van der Waals surface area contributed by atoms with Crippen LogP contribution >= 0.6 is 0 Å². The van der Waals surface area contributed by atoms with E-state index in [0.717, 1.165) is 22.6 Å². The average Bonchev–Trinajstić information content (AvgIpc) is 3.21. The smallest absolute Gasteiger partial charge is 0.395 e. The van der Waals surface area contributed by atoms with Crippen molar-refractivity contribution in [3.63, 3.8) is 0 Å². The Morgan fingerprint density at radius 3 is 2.33 bits per heavy atom. The number of carbonyl (C=O) groups excluding carboxylic acids is 2. The molecule has 0 unspecified atom stereocenters. The molecule has 2 aromatic rings. The molecule has 9 nitrogen and oxygen atoms in total. The molecule has 1 fully saturated rings. The van der Waals surface area contributed by atoms with Crippen molar-refractivity contribution >= 4 is 39.4 Å². The second-order valence-corrected chi connectivity index (χ2v) is 12.1. The van der Waals surface area contributed by atoms with Gasteiger partial charge < -0.3 is 15.3 Å². The molecule has 14 heteroatoms. The van der Waals surface area contributed by atoms with Crippen LogP contribution in [-0.4, -0.2) is 67.3 Å². The molecule has 2 N–H and O–H groups in total. The van der Waals surface area contributed by atoms with Gasteiger partial charge in [-0.15, -0.1) is 0 Å². The number of benzene rings is 2. The summed E-state index contributed by atoms with van der Waals surface area (Å²) in [7, 11) is -3.91. The van der Waals surface area contributed by atoms with Crippen molar-refractivity contribution in [2.24, 2.45) is 4.99 Å². The predicted octanol–water partition coefficient (Wildman–Crippen LogP) is 3.52. The van der Waals surface area contributed by atoms with E-state index in [4.69, 9.17) is 0 Å². The number of hydrogen-bond donors (Lipinski definition) is 2. The summed E-state index contributed by atoms with van der Waals surface area (Å²) in [6, 6.07) is 5.79. The lowest BCUT2D eigenvalue weighted by Gasteiger charge is -2.34. The van der Waals surface area contributed by atoms with E-state index in [-0.39, 0.29) is 56.4 Å². The molecule has 2 aromatic carbocycles. The number of carbonyl (C=O) groups is 2. The van der Waals surface area contributed by atoms with Gasteiger partial charge in [0.25, 0.3) is 5.91 Å². The lowest BCUT2D eigenvalue weighted by atomic mass is 9.89. The summed E-state index contributed by atoms with van der Waals surface area (Å²) < 4.78 is 80.7. The van der Waals surface area contributed by atoms with Crippen molar-refractivity contribution in [2.45, 2.75) is 45.3 Å². The number of aliphatic hydroxyl groups is 1. The van der Waals surface area contributed by atoms with Crippen molar-refractivity contribution in [1.82, 2.24) is 9.62 Å². The van der Waals surface area contributed by atoms with Crippen LogP contribution in [0, 0.1) is 19.7 Å². The van der Waals surface area contributed by atoms with Gasteiger partial charge in [0.2, 0.25) is 15.9 Å². The summed E-state index contributed by atoms with van der Waals surface area (Å²) in [5.41, 5.74) is -0.269. The van der Waals surface area contributed by atoms with Gasteiger partial charge in [0, 0.05) is 43.2 Å². The topological polar surface area (TPSA) is 119 Å². The fourth-order valence-corrected chi connectivity index (χ4v) is 6.34. The van der Waals surface area contributed by atoms with Crippen LogP contribution in [0.25, 0.3) is 6.08 Å². The first-order valence-electron chi connectivity index (χ1n) is 13.0. The maximum absolute atomic E-state index is 13.7. The summed E-state index contributed by atoms with van der Waals surface area (Å²) in [6.07, 6.45) is -3.46. The summed E-state index contributed by atoms with van der Waals surface area (Å²) in [6.45, 7) is 4.73. The number of aryl methyl sites for hydroxylation is 2. The molecule has 2 aliphatic rings. The highest BCUT2D eigenvalue weighted by molar-refractivity contribution is 7.92. The molecular weight excluding hydrogens is 580 g/mol. The lowest BCUT2D eigenvalue weighted by Crippen LogP contribution is -2.50. The monoisotopic (exact) mass is 610 g/mol. The molecule has 1 saturated heterocycles. The minimum atomic E-state index is -4.93. The maximum Gasteiger partial charge on any atom is 0.419 e. The van der Waals surface area contributed by atoms with Crippen LogP contribution in [0.4, 0.5) is 23.2 Å². The van der Waals surface area contributed by atoms with E-state index in [0.29, 0.717) is 23.4 Å². The molecule has 0 bridgehead atoms. The Morgan fingerprint density at radius 2 is 1.79 bits per heavy atom. The van der Waals surface area contributed by atoms with Crippen LogP contribution in [0.3, 0.4) is 0 Å². The summed E-state index contributed by atoms with van der Waals surface area (Å²) in [4.78, 5) is 30.6. The Kier molecular flexibility index (Phi) is 8.63. The fourth-order valence-electron chi connectivity index (χ4n) is 5.17. The van der Waals surface area contributed by atoms with Crippen LogP contribution in [0.5, 0.6) is 0 Å². The number of piperidine rings is 1. The van der Waals surface area contributed by atoms with Crippen LogP contribution in [0.15, 0.2) is 40.7 Å². The largest absolute Gasteiger partial charge is 0.419 e. The number of aliphatic imine (C=N–C) groups is 1. The zero-order valence-electron chi connectivity index (χ0n) is 23.1. The second kappa shape index (κ2) is 11.6. The Morgan fingerprint density at radius 1 is 1.17 bits per heavy atom. The molecule has 4 rings (SSSR count). The van der Waals surface area contributed by atoms with Gasteiger partial charge in [0.15, 0.2) is 0 Å². The maximum atomic E-state index is 13.7. The molecular formula is C28H30F4N4O5S. The molecule has 2 amide bonds. The third kappa shape index (κ3) is 6.25. The summed E-state index contributed by atoms with van der Waals surface area (Å²) in [5, 5.41) is 12.8. The molecule has 0 saturated carbocycles. The summed E-state index contributed by atoms with van der Waals surface area (Å²) >= 11 is 0. The average molecular weight is 611 g/mol. The van der Waals surface area contributed by atoms with Gasteiger partial charge in [-0.3, -0.25) is 14.6 Å². The number of rotatable bonds is 7. The SMILES string of the molecule is CC(=O)N(CCO)c1cc(C)c(C=CS(=O)(=O)N2CCC3(CC2)N=C(c2ccc(F)c(C(F)(F)F)c2)NC3=O)c(C)c1. The number of hydrogen-bond acceptors (Lipinski definition) is 6. The van der Waals surface area contributed by atoms with E-state index in [2.05, 4.69) is 10.3 Å². The fraction of sp³-hybridized carbons (Fsp3) is 0.393. The van der Waals surface area contributed by atoms with Crippen molar-refractivity contribution in [2.75, 3.05) is 31.1 Å². The number of nitrogens with one attached hydrogen (secondary N) is 1. The van der Waals surface area contributed by atoms with Crippen molar-refractivity contribution < 1.29 is 40.7 Å². The van der Waals surface area contributed by atoms with Crippen LogP contribution in [0.2, 0.25) is 0 Å². The third-order valence-electron chi connectivity index (χ3n) is 7.44. The second-order valence-electron chi connectivity index (χ2n) is 10.3. The molecule has 0 radical (unpaired) electrons.